The van der Waals surface area contributed by atoms with E-state index in [9.17, 15) is 39.5 Å². The molecule has 0 aromatic carbocycles. The van der Waals surface area contributed by atoms with Crippen LogP contribution in [0.1, 0.15) is 25.7 Å². The Morgan fingerprint density at radius 3 is 2.00 bits per heavy atom. The lowest BCUT2D eigenvalue weighted by Gasteiger charge is -2.33. The molecule has 0 bridgehead atoms. The molecule has 2 saturated heterocycles. The molecule has 3 unspecified atom stereocenters. The maximum atomic E-state index is 13.5. The highest BCUT2D eigenvalue weighted by molar-refractivity contribution is 7.99. The number of epoxide rings is 1. The van der Waals surface area contributed by atoms with Gasteiger partial charge in [-0.3, -0.25) is 0 Å². The summed E-state index contributed by atoms with van der Waals surface area (Å²) in [7, 11) is 0. The van der Waals surface area contributed by atoms with Crippen molar-refractivity contribution in [2.75, 3.05) is 57.8 Å². The molecule has 2 rings (SSSR count). The van der Waals surface area contributed by atoms with Crippen molar-refractivity contribution in [3.8, 4) is 0 Å². The van der Waals surface area contributed by atoms with Crippen molar-refractivity contribution in [2.45, 2.75) is 67.9 Å². The third kappa shape index (κ3) is 9.40. The molecular weight excluding hydrogens is 523 g/mol. The molecule has 0 aliphatic carbocycles. The third-order valence-electron chi connectivity index (χ3n) is 5.25. The van der Waals surface area contributed by atoms with Gasteiger partial charge in [-0.05, 0) is 30.8 Å². The monoisotopic (exact) mass is 552 g/mol. The number of alkyl halides is 9. The Labute approximate surface area is 201 Å². The lowest BCUT2D eigenvalue weighted by atomic mass is 10.0. The number of hydrogen-bond donors (Lipinski definition) is 0. The molecule has 2 fully saturated rings. The van der Waals surface area contributed by atoms with Gasteiger partial charge in [0.2, 0.25) is 0 Å². The number of hydrogen-bond acceptors (Lipinski definition) is 6. The minimum atomic E-state index is -6.85. The van der Waals surface area contributed by atoms with Gasteiger partial charge in [0, 0.05) is 26.2 Å². The lowest BCUT2D eigenvalue weighted by molar-refractivity contribution is -0.396. The summed E-state index contributed by atoms with van der Waals surface area (Å²) in [4.78, 5) is 0. The van der Waals surface area contributed by atoms with Crippen LogP contribution in [0.4, 0.5) is 39.5 Å². The first kappa shape index (κ1) is 30.7. The van der Waals surface area contributed by atoms with E-state index in [-0.39, 0.29) is 43.9 Å². The topological polar surface area (TPSA) is 49.5 Å². The van der Waals surface area contributed by atoms with Crippen LogP contribution in [0.3, 0.4) is 0 Å². The van der Waals surface area contributed by atoms with Gasteiger partial charge in [-0.25, -0.2) is 0 Å². The Morgan fingerprint density at radius 2 is 1.46 bits per heavy atom. The van der Waals surface area contributed by atoms with Crippen molar-refractivity contribution in [1.82, 2.24) is 0 Å². The zero-order valence-electron chi connectivity index (χ0n) is 18.8. The van der Waals surface area contributed by atoms with Crippen LogP contribution in [0.25, 0.3) is 0 Å². The van der Waals surface area contributed by atoms with E-state index in [4.69, 9.17) is 23.7 Å². The van der Waals surface area contributed by atoms with Gasteiger partial charge in [-0.2, -0.15) is 51.3 Å². The van der Waals surface area contributed by atoms with Crippen LogP contribution >= 0.6 is 11.8 Å². The highest BCUT2D eigenvalue weighted by atomic mass is 32.2. The Hall–Kier alpha value is -0.480. The maximum Gasteiger partial charge on any atom is 0.460 e. The van der Waals surface area contributed by atoms with Crippen molar-refractivity contribution in [2.24, 2.45) is 0 Å². The Bertz CT molecular complexity index is 616. The molecule has 0 radical (unpaired) electrons. The molecule has 0 aromatic rings. The standard InChI is InChI=1S/C20H29F9O5S/c21-17(22,18(23,24)19(25,26)20(27,28)29)4-9-35-8-1-5-30-10-16(34-12-14-3-7-32-14)11-31-6-2-15-13-33-15/h14-16H,1-13H2. The second kappa shape index (κ2) is 13.4. The number of ether oxygens (including phenoxy) is 5. The van der Waals surface area contributed by atoms with Crippen LogP contribution in [0.15, 0.2) is 0 Å². The van der Waals surface area contributed by atoms with E-state index in [1.165, 1.54) is 0 Å². The minimum absolute atomic E-state index is 0.0235. The second-order valence-electron chi connectivity index (χ2n) is 8.20. The predicted molar refractivity (Wildman–Crippen MR) is 108 cm³/mol. The SMILES string of the molecule is FC(F)(F)C(F)(F)C(F)(F)C(F)(F)CCSCCCOCC(COCCC1CO1)OCC1CCO1. The van der Waals surface area contributed by atoms with Gasteiger partial charge in [0.25, 0.3) is 0 Å². The zero-order valence-corrected chi connectivity index (χ0v) is 19.6. The summed E-state index contributed by atoms with van der Waals surface area (Å²) in [5, 5.41) is 0. The summed E-state index contributed by atoms with van der Waals surface area (Å²) in [5.41, 5.74) is 0. The van der Waals surface area contributed by atoms with Gasteiger partial charge in [-0.15, -0.1) is 0 Å². The van der Waals surface area contributed by atoms with Gasteiger partial charge >= 0.3 is 23.9 Å². The van der Waals surface area contributed by atoms with Crippen LogP contribution < -0.4 is 0 Å². The third-order valence-corrected chi connectivity index (χ3v) is 6.32. The Kier molecular flexibility index (Phi) is 11.7. The first-order chi connectivity index (χ1) is 16.3. The largest absolute Gasteiger partial charge is 0.460 e. The fourth-order valence-corrected chi connectivity index (χ4v) is 3.74. The number of rotatable bonds is 19. The van der Waals surface area contributed by atoms with Gasteiger partial charge in [-0.1, -0.05) is 0 Å². The van der Waals surface area contributed by atoms with Gasteiger partial charge in [0.15, 0.2) is 0 Å². The summed E-state index contributed by atoms with van der Waals surface area (Å²) in [6, 6.07) is 0. The molecule has 208 valence electrons. The minimum Gasteiger partial charge on any atom is -0.379 e. The Morgan fingerprint density at radius 1 is 0.829 bits per heavy atom. The van der Waals surface area contributed by atoms with E-state index in [1.807, 2.05) is 0 Å². The average Bonchev–Trinajstić information content (AvgIpc) is 3.54. The smallest absolute Gasteiger partial charge is 0.379 e. The van der Waals surface area contributed by atoms with Crippen LogP contribution in [0, 0.1) is 0 Å². The summed E-state index contributed by atoms with van der Waals surface area (Å²) in [6.45, 7) is 2.91. The molecule has 2 aliphatic heterocycles. The molecule has 35 heavy (non-hydrogen) atoms. The molecule has 5 nitrogen and oxygen atoms in total. The Balaban J connectivity index is 1.60. The van der Waals surface area contributed by atoms with Crippen LogP contribution in [-0.4, -0.2) is 100 Å². The van der Waals surface area contributed by atoms with Gasteiger partial charge in [0.05, 0.1) is 38.6 Å². The molecular formula is C20H29F9O5S. The first-order valence-electron chi connectivity index (χ1n) is 11.1. The summed E-state index contributed by atoms with van der Waals surface area (Å²) in [6.07, 6.45) is -6.77. The van der Waals surface area contributed by atoms with Crippen molar-refractivity contribution >= 4 is 11.8 Å². The van der Waals surface area contributed by atoms with Gasteiger partial charge in [0.1, 0.15) is 6.10 Å². The molecule has 0 N–H and O–H groups in total. The van der Waals surface area contributed by atoms with Crippen LogP contribution in [-0.2, 0) is 23.7 Å². The fraction of sp³-hybridized carbons (Fsp3) is 1.00. The van der Waals surface area contributed by atoms with E-state index in [0.717, 1.165) is 31.2 Å². The van der Waals surface area contributed by atoms with Crippen molar-refractivity contribution in [3.05, 3.63) is 0 Å². The summed E-state index contributed by atoms with van der Waals surface area (Å²) < 4.78 is 143. The van der Waals surface area contributed by atoms with E-state index in [1.54, 1.807) is 0 Å². The molecule has 15 heteroatoms. The second-order valence-corrected chi connectivity index (χ2v) is 9.42. The lowest BCUT2D eigenvalue weighted by Crippen LogP contribution is -2.60. The highest BCUT2D eigenvalue weighted by Crippen LogP contribution is 2.54. The molecule has 2 heterocycles. The molecule has 3 atom stereocenters. The molecule has 0 spiro atoms. The average molecular weight is 552 g/mol. The molecule has 0 aromatic heterocycles. The van der Waals surface area contributed by atoms with Crippen molar-refractivity contribution in [1.29, 1.82) is 0 Å². The van der Waals surface area contributed by atoms with Crippen molar-refractivity contribution in [3.63, 3.8) is 0 Å². The number of halogens is 9. The van der Waals surface area contributed by atoms with Crippen LogP contribution in [0.5, 0.6) is 0 Å². The predicted octanol–water partition coefficient (Wildman–Crippen LogP) is 4.96. The van der Waals surface area contributed by atoms with Crippen LogP contribution in [0.2, 0.25) is 0 Å². The normalized spacial score (nSPS) is 22.2. The zero-order chi connectivity index (χ0) is 26.2. The summed E-state index contributed by atoms with van der Waals surface area (Å²) in [5.74, 6) is -19.5. The summed E-state index contributed by atoms with van der Waals surface area (Å²) >= 11 is 0.720. The maximum absolute atomic E-state index is 13.5. The van der Waals surface area contributed by atoms with E-state index in [2.05, 4.69) is 0 Å². The molecule has 0 amide bonds. The molecule has 0 saturated carbocycles. The van der Waals surface area contributed by atoms with E-state index >= 15 is 0 Å². The van der Waals surface area contributed by atoms with E-state index in [0.29, 0.717) is 26.2 Å². The number of thioether (sulfide) groups is 1. The quantitative estimate of drug-likeness (QED) is 0.128. The van der Waals surface area contributed by atoms with E-state index < -0.39 is 36.1 Å². The highest BCUT2D eigenvalue weighted by Gasteiger charge is 2.81. The molecule has 2 aliphatic rings. The van der Waals surface area contributed by atoms with Crippen molar-refractivity contribution < 1.29 is 63.2 Å². The first-order valence-corrected chi connectivity index (χ1v) is 12.2. The fourth-order valence-electron chi connectivity index (χ4n) is 2.81. The van der Waals surface area contributed by atoms with Gasteiger partial charge < -0.3 is 23.7 Å².